The maximum atomic E-state index is 10.2. The van der Waals surface area contributed by atoms with Crippen molar-refractivity contribution in [1.82, 2.24) is 4.90 Å². The van der Waals surface area contributed by atoms with Gasteiger partial charge in [-0.1, -0.05) is 12.1 Å². The summed E-state index contributed by atoms with van der Waals surface area (Å²) in [6.07, 6.45) is 4.04. The van der Waals surface area contributed by atoms with Crippen molar-refractivity contribution >= 4 is 6.08 Å². The molecule has 2 aromatic carbocycles. The summed E-state index contributed by atoms with van der Waals surface area (Å²) in [5.41, 5.74) is 10.7. The Labute approximate surface area is 217 Å². The lowest BCUT2D eigenvalue weighted by Gasteiger charge is -2.42. The minimum absolute atomic E-state index is 0.122. The number of fused-ring (bicyclic) bond motifs is 3. The molecule has 5 rings (SSSR count). The van der Waals surface area contributed by atoms with Gasteiger partial charge < -0.3 is 29.4 Å². The third-order valence-corrected chi connectivity index (χ3v) is 7.61. The highest BCUT2D eigenvalue weighted by molar-refractivity contribution is 5.67. The second-order valence-electron chi connectivity index (χ2n) is 9.31. The molecule has 0 radical (unpaired) electrons. The van der Waals surface area contributed by atoms with E-state index in [4.69, 9.17) is 29.4 Å². The van der Waals surface area contributed by atoms with Crippen molar-refractivity contribution in [1.29, 1.82) is 5.26 Å². The standard InChI is InChI=1S/C29H31N3O5/c1-32-20-8-9-21(32)27-26(17-7-11-23(34-3)25(14-17)36-5)19(15-30)29(31)37-28(27)18(20)12-16-6-10-22(33-2)24(13-16)35-4/h6-7,10-14,20-21,26H,8-9,31H2,1-5H3/b18-12+/t20?,21-,26+/m1/s1. The van der Waals surface area contributed by atoms with E-state index < -0.39 is 0 Å². The van der Waals surface area contributed by atoms with Crippen LogP contribution in [0.25, 0.3) is 6.08 Å². The summed E-state index contributed by atoms with van der Waals surface area (Å²) < 4.78 is 28.2. The smallest absolute Gasteiger partial charge is 0.205 e. The van der Waals surface area contributed by atoms with Gasteiger partial charge in [0.05, 0.1) is 34.4 Å². The molecule has 3 aliphatic heterocycles. The maximum absolute atomic E-state index is 10.2. The second-order valence-corrected chi connectivity index (χ2v) is 9.31. The predicted molar refractivity (Wildman–Crippen MR) is 139 cm³/mol. The molecule has 3 heterocycles. The first-order valence-electron chi connectivity index (χ1n) is 12.1. The molecule has 192 valence electrons. The molecule has 1 fully saturated rings. The van der Waals surface area contributed by atoms with Crippen LogP contribution in [0.1, 0.15) is 29.9 Å². The fourth-order valence-corrected chi connectivity index (χ4v) is 5.85. The van der Waals surface area contributed by atoms with Crippen molar-refractivity contribution in [2.75, 3.05) is 35.5 Å². The highest BCUT2D eigenvalue weighted by Gasteiger charge is 2.49. The summed E-state index contributed by atoms with van der Waals surface area (Å²) in [5, 5.41) is 10.2. The summed E-state index contributed by atoms with van der Waals surface area (Å²) in [7, 11) is 8.58. The fourth-order valence-electron chi connectivity index (χ4n) is 5.85. The lowest BCUT2D eigenvalue weighted by molar-refractivity contribution is 0.209. The van der Waals surface area contributed by atoms with Crippen LogP contribution < -0.4 is 24.7 Å². The van der Waals surface area contributed by atoms with Crippen molar-refractivity contribution in [3.63, 3.8) is 0 Å². The molecule has 0 aliphatic carbocycles. The lowest BCUT2D eigenvalue weighted by Crippen LogP contribution is -2.43. The molecule has 2 aromatic rings. The van der Waals surface area contributed by atoms with E-state index in [9.17, 15) is 5.26 Å². The highest BCUT2D eigenvalue weighted by atomic mass is 16.5. The molecular formula is C29H31N3O5. The Morgan fingerprint density at radius 2 is 1.54 bits per heavy atom. The molecule has 3 atom stereocenters. The molecule has 3 aliphatic rings. The van der Waals surface area contributed by atoms with Gasteiger partial charge in [-0.25, -0.2) is 0 Å². The average Bonchev–Trinajstić information content (AvgIpc) is 3.22. The molecule has 0 aromatic heterocycles. The Balaban J connectivity index is 1.70. The van der Waals surface area contributed by atoms with Crippen LogP contribution in [0, 0.1) is 11.3 Å². The zero-order chi connectivity index (χ0) is 26.3. The van der Waals surface area contributed by atoms with Gasteiger partial charge in [-0.15, -0.1) is 0 Å². The first kappa shape index (κ1) is 24.6. The zero-order valence-electron chi connectivity index (χ0n) is 21.7. The fraction of sp³-hybridized carbons (Fsp3) is 0.345. The number of benzene rings is 2. The molecule has 2 N–H and O–H groups in total. The minimum atomic E-state index is -0.367. The summed E-state index contributed by atoms with van der Waals surface area (Å²) in [4.78, 5) is 2.37. The highest BCUT2D eigenvalue weighted by Crippen LogP contribution is 2.52. The van der Waals surface area contributed by atoms with Crippen molar-refractivity contribution in [3.05, 3.63) is 75.9 Å². The summed E-state index contributed by atoms with van der Waals surface area (Å²) in [5.74, 6) is 3.05. The monoisotopic (exact) mass is 501 g/mol. The van der Waals surface area contributed by atoms with Crippen molar-refractivity contribution in [2.45, 2.75) is 30.8 Å². The van der Waals surface area contributed by atoms with E-state index in [0.29, 0.717) is 28.6 Å². The Bertz CT molecular complexity index is 1370. The number of hydrogen-bond acceptors (Lipinski definition) is 8. The Morgan fingerprint density at radius 3 is 2.19 bits per heavy atom. The molecule has 2 bridgehead atoms. The Morgan fingerprint density at radius 1 is 0.919 bits per heavy atom. The van der Waals surface area contributed by atoms with Gasteiger partial charge in [-0.2, -0.15) is 5.26 Å². The van der Waals surface area contributed by atoms with Crippen LogP contribution in [-0.4, -0.2) is 52.5 Å². The third kappa shape index (κ3) is 3.96. The van der Waals surface area contributed by atoms with Gasteiger partial charge in [0.15, 0.2) is 23.0 Å². The Hall–Kier alpha value is -4.09. The summed E-state index contributed by atoms with van der Waals surface area (Å²) >= 11 is 0. The number of likely N-dealkylation sites (N-methyl/N-ethyl adjacent to an activating group) is 1. The summed E-state index contributed by atoms with van der Waals surface area (Å²) in [6.45, 7) is 0. The van der Waals surface area contributed by atoms with Gasteiger partial charge in [0, 0.05) is 23.2 Å². The van der Waals surface area contributed by atoms with Gasteiger partial charge in [-0.05, 0) is 61.4 Å². The first-order valence-corrected chi connectivity index (χ1v) is 12.1. The molecule has 0 amide bonds. The van der Waals surface area contributed by atoms with E-state index in [1.807, 2.05) is 36.4 Å². The average molecular weight is 502 g/mol. The van der Waals surface area contributed by atoms with Gasteiger partial charge in [0.25, 0.3) is 0 Å². The zero-order valence-corrected chi connectivity index (χ0v) is 21.7. The van der Waals surface area contributed by atoms with E-state index in [1.165, 1.54) is 0 Å². The van der Waals surface area contributed by atoms with Gasteiger partial charge in [0.1, 0.15) is 17.4 Å². The molecule has 1 unspecified atom stereocenters. The van der Waals surface area contributed by atoms with Crippen LogP contribution >= 0.6 is 0 Å². The van der Waals surface area contributed by atoms with Crippen LogP contribution in [0.4, 0.5) is 0 Å². The largest absolute Gasteiger partial charge is 0.493 e. The number of rotatable bonds is 6. The predicted octanol–water partition coefficient (Wildman–Crippen LogP) is 4.34. The van der Waals surface area contributed by atoms with E-state index in [-0.39, 0.29) is 23.9 Å². The molecule has 8 heteroatoms. The molecule has 37 heavy (non-hydrogen) atoms. The second kappa shape index (κ2) is 9.75. The number of nitrogens with two attached hydrogens (primary N) is 1. The number of allylic oxidation sites excluding steroid dienone is 1. The van der Waals surface area contributed by atoms with Crippen LogP contribution in [0.5, 0.6) is 23.0 Å². The SMILES string of the molecule is COc1ccc(/C=C2/C3=C([C@@H](c4ccc(OC)c(OC)c4)C(C#N)=C(N)O3)[C@H]3CCC2N3C)cc1OC. The van der Waals surface area contributed by atoms with Gasteiger partial charge in [0.2, 0.25) is 5.88 Å². The van der Waals surface area contributed by atoms with Crippen molar-refractivity contribution in [3.8, 4) is 29.1 Å². The van der Waals surface area contributed by atoms with Crippen molar-refractivity contribution < 1.29 is 23.7 Å². The lowest BCUT2D eigenvalue weighted by atomic mass is 9.77. The van der Waals surface area contributed by atoms with Gasteiger partial charge >= 0.3 is 0 Å². The maximum Gasteiger partial charge on any atom is 0.205 e. The molecule has 8 nitrogen and oxygen atoms in total. The number of nitrogens with zero attached hydrogens (tertiary/aromatic N) is 2. The quantitative estimate of drug-likeness (QED) is 0.624. The van der Waals surface area contributed by atoms with Gasteiger partial charge in [-0.3, -0.25) is 4.90 Å². The number of nitriles is 1. The van der Waals surface area contributed by atoms with Crippen LogP contribution in [0.15, 0.2) is 64.8 Å². The Kier molecular flexibility index (Phi) is 6.48. The van der Waals surface area contributed by atoms with Crippen LogP contribution in [0.2, 0.25) is 0 Å². The van der Waals surface area contributed by atoms with E-state index >= 15 is 0 Å². The van der Waals surface area contributed by atoms with E-state index in [2.05, 4.69) is 24.1 Å². The normalized spacial score (nSPS) is 23.9. The number of hydrogen-bond donors (Lipinski definition) is 1. The van der Waals surface area contributed by atoms with E-state index in [1.54, 1.807) is 28.4 Å². The molecular weight excluding hydrogens is 470 g/mol. The first-order chi connectivity index (χ1) is 17.9. The minimum Gasteiger partial charge on any atom is -0.493 e. The van der Waals surface area contributed by atoms with Crippen LogP contribution in [0.3, 0.4) is 0 Å². The third-order valence-electron chi connectivity index (χ3n) is 7.61. The molecule has 0 spiro atoms. The molecule has 1 saturated heterocycles. The molecule has 0 saturated carbocycles. The summed E-state index contributed by atoms with van der Waals surface area (Å²) in [6, 6.07) is 14.2. The number of methoxy groups -OCH3 is 4. The topological polar surface area (TPSA) is 99.2 Å². The van der Waals surface area contributed by atoms with E-state index in [0.717, 1.165) is 40.9 Å². The van der Waals surface area contributed by atoms with Crippen molar-refractivity contribution in [2.24, 2.45) is 5.73 Å². The number of ether oxygens (including phenoxy) is 5. The van der Waals surface area contributed by atoms with Crippen LogP contribution in [-0.2, 0) is 4.74 Å².